The number of hydrogen-bond acceptors (Lipinski definition) is 3. The lowest BCUT2D eigenvalue weighted by Crippen LogP contribution is -3.16. The Hall–Kier alpha value is -1.53. The van der Waals surface area contributed by atoms with Crippen LogP contribution in [0.3, 0.4) is 0 Å². The van der Waals surface area contributed by atoms with E-state index in [4.69, 9.17) is 21.7 Å². The van der Waals surface area contributed by atoms with E-state index in [0.29, 0.717) is 6.79 Å². The summed E-state index contributed by atoms with van der Waals surface area (Å²) in [7, 11) is 0. The van der Waals surface area contributed by atoms with Gasteiger partial charge in [-0.15, -0.1) is 0 Å². The molecule has 0 aliphatic carbocycles. The molecule has 2 aliphatic rings. The van der Waals surface area contributed by atoms with Crippen LogP contribution in [-0.4, -0.2) is 25.2 Å². The Morgan fingerprint density at radius 1 is 1.18 bits per heavy atom. The lowest BCUT2D eigenvalue weighted by atomic mass is 10.2. The van der Waals surface area contributed by atoms with Crippen molar-refractivity contribution in [1.82, 2.24) is 10.6 Å². The number of thiocarbonyl (C=S) groups is 1. The fraction of sp³-hybridized carbons (Fsp3) is 0.364. The van der Waals surface area contributed by atoms with Crippen LogP contribution in [0.4, 0.5) is 0 Å². The van der Waals surface area contributed by atoms with Crippen LogP contribution in [0.15, 0.2) is 18.2 Å². The summed E-state index contributed by atoms with van der Waals surface area (Å²) in [5.41, 5.74) is 1.24. The molecule has 0 spiro atoms. The summed E-state index contributed by atoms with van der Waals surface area (Å²) in [6.45, 7) is 2.95. The zero-order valence-electron chi connectivity index (χ0n) is 9.29. The lowest BCUT2D eigenvalue weighted by Gasteiger charge is -2.26. The third-order valence-corrected chi connectivity index (χ3v) is 3.18. The molecule has 0 radical (unpaired) electrons. The van der Waals surface area contributed by atoms with E-state index in [0.717, 1.165) is 36.5 Å². The Morgan fingerprint density at radius 3 is 2.76 bits per heavy atom. The van der Waals surface area contributed by atoms with E-state index in [-0.39, 0.29) is 0 Å². The van der Waals surface area contributed by atoms with Crippen LogP contribution >= 0.6 is 12.2 Å². The second-order valence-corrected chi connectivity index (χ2v) is 4.56. The van der Waals surface area contributed by atoms with E-state index in [2.05, 4.69) is 16.7 Å². The molecule has 2 heterocycles. The quantitative estimate of drug-likeness (QED) is 0.601. The third-order valence-electron chi connectivity index (χ3n) is 2.89. The number of ether oxygens (including phenoxy) is 2. The molecule has 6 heteroatoms. The maximum Gasteiger partial charge on any atom is 0.231 e. The first-order chi connectivity index (χ1) is 8.31. The monoisotopic (exact) mass is 252 g/mol. The predicted octanol–water partition coefficient (Wildman–Crippen LogP) is -0.807. The van der Waals surface area contributed by atoms with E-state index in [1.807, 2.05) is 12.1 Å². The van der Waals surface area contributed by atoms with E-state index in [9.17, 15) is 0 Å². The normalized spacial score (nSPS) is 18.7. The maximum absolute atomic E-state index is 5.36. The molecule has 0 bridgehead atoms. The molecule has 1 aromatic carbocycles. The van der Waals surface area contributed by atoms with Crippen LogP contribution in [0, 0.1) is 0 Å². The maximum atomic E-state index is 5.36. The van der Waals surface area contributed by atoms with Crippen molar-refractivity contribution in [2.24, 2.45) is 0 Å². The molecule has 5 nitrogen and oxygen atoms in total. The molecule has 3 rings (SSSR count). The SMILES string of the molecule is S=C1NC[NH+](Cc2ccc3c(c2)OCO3)CN1. The highest BCUT2D eigenvalue weighted by Gasteiger charge is 2.18. The molecule has 3 N–H and O–H groups in total. The molecule has 0 atom stereocenters. The molecular weight excluding hydrogens is 238 g/mol. The summed E-state index contributed by atoms with van der Waals surface area (Å²) < 4.78 is 10.6. The summed E-state index contributed by atoms with van der Waals surface area (Å²) in [5.74, 6) is 1.68. The molecular formula is C11H14N3O2S+. The summed E-state index contributed by atoms with van der Waals surface area (Å²) in [4.78, 5) is 1.39. The van der Waals surface area contributed by atoms with Gasteiger partial charge in [0.2, 0.25) is 6.79 Å². The summed E-state index contributed by atoms with van der Waals surface area (Å²) >= 11 is 5.02. The van der Waals surface area contributed by atoms with Crippen molar-refractivity contribution in [1.29, 1.82) is 0 Å². The Balaban J connectivity index is 1.67. The van der Waals surface area contributed by atoms with Gasteiger partial charge < -0.3 is 20.1 Å². The molecule has 0 aromatic heterocycles. The minimum absolute atomic E-state index is 0.326. The largest absolute Gasteiger partial charge is 0.454 e. The molecule has 17 heavy (non-hydrogen) atoms. The van der Waals surface area contributed by atoms with E-state index >= 15 is 0 Å². The van der Waals surface area contributed by atoms with Gasteiger partial charge in [-0.25, -0.2) is 0 Å². The van der Waals surface area contributed by atoms with Crippen molar-refractivity contribution < 1.29 is 14.4 Å². The van der Waals surface area contributed by atoms with Gasteiger partial charge in [0.05, 0.1) is 0 Å². The van der Waals surface area contributed by atoms with E-state index in [1.54, 1.807) is 0 Å². The van der Waals surface area contributed by atoms with Gasteiger partial charge in [0.15, 0.2) is 29.9 Å². The second kappa shape index (κ2) is 4.38. The van der Waals surface area contributed by atoms with Crippen molar-refractivity contribution in [3.8, 4) is 11.5 Å². The lowest BCUT2D eigenvalue weighted by molar-refractivity contribution is -0.920. The highest BCUT2D eigenvalue weighted by molar-refractivity contribution is 7.80. The smallest absolute Gasteiger partial charge is 0.231 e. The van der Waals surface area contributed by atoms with Crippen LogP contribution in [0.1, 0.15) is 5.56 Å². The first kappa shape index (κ1) is 10.6. The molecule has 0 saturated carbocycles. The Bertz CT molecular complexity index is 442. The Kier molecular flexibility index (Phi) is 2.74. The number of quaternary nitrogens is 1. The van der Waals surface area contributed by atoms with E-state index in [1.165, 1.54) is 10.5 Å². The number of benzene rings is 1. The minimum Gasteiger partial charge on any atom is -0.454 e. The molecule has 2 aliphatic heterocycles. The number of nitrogens with one attached hydrogen (secondary N) is 3. The molecule has 0 amide bonds. The van der Waals surface area contributed by atoms with Gasteiger partial charge >= 0.3 is 0 Å². The van der Waals surface area contributed by atoms with Crippen molar-refractivity contribution in [3.05, 3.63) is 23.8 Å². The van der Waals surface area contributed by atoms with Crippen molar-refractivity contribution in [2.75, 3.05) is 20.1 Å². The van der Waals surface area contributed by atoms with Gasteiger partial charge in [-0.3, -0.25) is 4.90 Å². The van der Waals surface area contributed by atoms with Crippen molar-refractivity contribution >= 4 is 17.3 Å². The van der Waals surface area contributed by atoms with Crippen molar-refractivity contribution in [2.45, 2.75) is 6.54 Å². The van der Waals surface area contributed by atoms with Gasteiger partial charge in [-0.2, -0.15) is 0 Å². The summed E-state index contributed by atoms with van der Waals surface area (Å²) in [6, 6.07) is 6.09. The average Bonchev–Trinajstić information content (AvgIpc) is 2.79. The zero-order chi connectivity index (χ0) is 11.7. The molecule has 1 saturated heterocycles. The van der Waals surface area contributed by atoms with Gasteiger partial charge in [0, 0.05) is 5.56 Å². The zero-order valence-corrected chi connectivity index (χ0v) is 10.1. The summed E-state index contributed by atoms with van der Waals surface area (Å²) in [6.07, 6.45) is 0. The van der Waals surface area contributed by atoms with Crippen LogP contribution in [0.25, 0.3) is 0 Å². The first-order valence-corrected chi connectivity index (χ1v) is 5.96. The van der Waals surface area contributed by atoms with Crippen LogP contribution in [0.5, 0.6) is 11.5 Å². The predicted molar refractivity (Wildman–Crippen MR) is 65.8 cm³/mol. The van der Waals surface area contributed by atoms with E-state index < -0.39 is 0 Å². The minimum atomic E-state index is 0.326. The van der Waals surface area contributed by atoms with Crippen molar-refractivity contribution in [3.63, 3.8) is 0 Å². The van der Waals surface area contributed by atoms with Gasteiger partial charge in [-0.1, -0.05) is 0 Å². The summed E-state index contributed by atoms with van der Waals surface area (Å²) in [5, 5.41) is 7.00. The molecule has 0 unspecified atom stereocenters. The fourth-order valence-electron chi connectivity index (χ4n) is 2.00. The number of hydrogen-bond donors (Lipinski definition) is 3. The van der Waals surface area contributed by atoms with Crippen LogP contribution in [-0.2, 0) is 6.54 Å². The second-order valence-electron chi connectivity index (χ2n) is 4.15. The van der Waals surface area contributed by atoms with Crippen LogP contribution < -0.4 is 25.0 Å². The standard InChI is InChI=1S/C11H13N3O2S/c17-11-12-5-14(6-13-11)4-8-1-2-9-10(3-8)16-7-15-9/h1-3H,4-7H2,(H2,12,13,17)/p+1. The highest BCUT2D eigenvalue weighted by Crippen LogP contribution is 2.32. The topological polar surface area (TPSA) is 47.0 Å². The number of rotatable bonds is 2. The Morgan fingerprint density at radius 2 is 1.94 bits per heavy atom. The molecule has 90 valence electrons. The Labute approximate surface area is 105 Å². The van der Waals surface area contributed by atoms with Gasteiger partial charge in [0.25, 0.3) is 0 Å². The fourth-order valence-corrected chi connectivity index (χ4v) is 2.14. The van der Waals surface area contributed by atoms with Gasteiger partial charge in [-0.05, 0) is 30.4 Å². The average molecular weight is 252 g/mol. The van der Waals surface area contributed by atoms with Gasteiger partial charge in [0.1, 0.15) is 6.54 Å². The highest BCUT2D eigenvalue weighted by atomic mass is 32.1. The molecule has 1 fully saturated rings. The molecule has 1 aromatic rings. The third kappa shape index (κ3) is 2.27. The first-order valence-electron chi connectivity index (χ1n) is 5.55. The number of fused-ring (bicyclic) bond motifs is 1. The van der Waals surface area contributed by atoms with Crippen LogP contribution in [0.2, 0.25) is 0 Å².